The van der Waals surface area contributed by atoms with Crippen molar-refractivity contribution >= 4 is 15.9 Å². The zero-order chi connectivity index (χ0) is 9.68. The Bertz CT molecular complexity index is 289. The van der Waals surface area contributed by atoms with Crippen molar-refractivity contribution < 1.29 is 0 Å². The first-order chi connectivity index (χ1) is 6.18. The minimum absolute atomic E-state index is 1.13. The molecule has 1 rings (SSSR count). The van der Waals surface area contributed by atoms with E-state index in [0.29, 0.717) is 0 Å². The van der Waals surface area contributed by atoms with Crippen LogP contribution in [0.15, 0.2) is 40.9 Å². The zero-order valence-corrected chi connectivity index (χ0v) is 9.60. The third-order valence-electron chi connectivity index (χ3n) is 1.96. The maximum atomic E-state index is 3.89. The van der Waals surface area contributed by atoms with E-state index in [1.54, 1.807) is 0 Å². The Morgan fingerprint density at radius 1 is 1.46 bits per heavy atom. The van der Waals surface area contributed by atoms with Gasteiger partial charge in [-0.25, -0.2) is 0 Å². The number of halogens is 1. The topological polar surface area (TPSA) is 0 Å². The Balaban J connectivity index is 2.41. The molecule has 1 heteroatoms. The number of aryl methyl sites for hydroxylation is 1. The van der Waals surface area contributed by atoms with Crippen LogP contribution in [0, 0.1) is 0 Å². The van der Waals surface area contributed by atoms with Gasteiger partial charge in [0.1, 0.15) is 0 Å². The normalized spacial score (nSPS) is 10.0. The smallest absolute Gasteiger partial charge is 0.0177 e. The van der Waals surface area contributed by atoms with E-state index in [-0.39, 0.29) is 0 Å². The monoisotopic (exact) mass is 238 g/mol. The molecule has 0 aliphatic carbocycles. The van der Waals surface area contributed by atoms with Gasteiger partial charge in [-0.2, -0.15) is 0 Å². The van der Waals surface area contributed by atoms with Crippen LogP contribution >= 0.6 is 15.9 Å². The van der Waals surface area contributed by atoms with Crippen LogP contribution in [-0.2, 0) is 6.42 Å². The third kappa shape index (κ3) is 4.28. The summed E-state index contributed by atoms with van der Waals surface area (Å²) in [6, 6.07) is 8.49. The summed E-state index contributed by atoms with van der Waals surface area (Å²) in [7, 11) is 0. The molecule has 1 aromatic carbocycles. The van der Waals surface area contributed by atoms with E-state index in [2.05, 4.69) is 53.7 Å². The molecule has 0 saturated carbocycles. The molecule has 0 atom stereocenters. The van der Waals surface area contributed by atoms with Crippen LogP contribution in [0.2, 0.25) is 0 Å². The number of hydrogen-bond donors (Lipinski definition) is 0. The van der Waals surface area contributed by atoms with Gasteiger partial charge in [-0.1, -0.05) is 33.6 Å². The lowest BCUT2D eigenvalue weighted by Crippen LogP contribution is -1.85. The van der Waals surface area contributed by atoms with Gasteiger partial charge in [-0.05, 0) is 43.9 Å². The van der Waals surface area contributed by atoms with Crippen LogP contribution < -0.4 is 0 Å². The molecule has 0 nitrogen and oxygen atoms in total. The fourth-order valence-electron chi connectivity index (χ4n) is 1.29. The molecule has 1 aromatic rings. The molecular formula is C12H15Br. The van der Waals surface area contributed by atoms with Crippen molar-refractivity contribution in [2.24, 2.45) is 0 Å². The predicted octanol–water partition coefficient (Wildman–Crippen LogP) is 4.35. The molecule has 0 aromatic heterocycles. The second-order valence-electron chi connectivity index (χ2n) is 3.44. The lowest BCUT2D eigenvalue weighted by Gasteiger charge is -2.01. The highest BCUT2D eigenvalue weighted by Crippen LogP contribution is 2.14. The zero-order valence-electron chi connectivity index (χ0n) is 8.02. The SMILES string of the molecule is C=C(C)CCCc1cccc(Br)c1. The minimum atomic E-state index is 1.13. The largest absolute Gasteiger partial charge is 0.100 e. The number of rotatable bonds is 4. The van der Waals surface area contributed by atoms with Gasteiger partial charge in [0, 0.05) is 4.47 Å². The van der Waals surface area contributed by atoms with Crippen LogP contribution in [0.5, 0.6) is 0 Å². The van der Waals surface area contributed by atoms with E-state index in [1.165, 1.54) is 22.0 Å². The summed E-state index contributed by atoms with van der Waals surface area (Å²) in [5.74, 6) is 0. The van der Waals surface area contributed by atoms with E-state index in [0.717, 1.165) is 12.8 Å². The van der Waals surface area contributed by atoms with Crippen molar-refractivity contribution in [2.45, 2.75) is 26.2 Å². The Labute approximate surface area is 88.8 Å². The van der Waals surface area contributed by atoms with Gasteiger partial charge in [-0.3, -0.25) is 0 Å². The molecule has 70 valence electrons. The van der Waals surface area contributed by atoms with Crippen LogP contribution in [0.4, 0.5) is 0 Å². The van der Waals surface area contributed by atoms with Gasteiger partial charge in [0.25, 0.3) is 0 Å². The van der Waals surface area contributed by atoms with Gasteiger partial charge in [0.05, 0.1) is 0 Å². The third-order valence-corrected chi connectivity index (χ3v) is 2.45. The van der Waals surface area contributed by atoms with E-state index < -0.39 is 0 Å². The van der Waals surface area contributed by atoms with Gasteiger partial charge in [-0.15, -0.1) is 6.58 Å². The second-order valence-corrected chi connectivity index (χ2v) is 4.36. The summed E-state index contributed by atoms with van der Waals surface area (Å²) < 4.78 is 1.17. The maximum Gasteiger partial charge on any atom is 0.0177 e. The van der Waals surface area contributed by atoms with Crippen LogP contribution in [-0.4, -0.2) is 0 Å². The molecule has 0 saturated heterocycles. The summed E-state index contributed by atoms with van der Waals surface area (Å²) in [4.78, 5) is 0. The first-order valence-electron chi connectivity index (χ1n) is 4.57. The Hall–Kier alpha value is -0.560. The average Bonchev–Trinajstić information content (AvgIpc) is 2.03. The van der Waals surface area contributed by atoms with E-state index in [9.17, 15) is 0 Å². The van der Waals surface area contributed by atoms with Crippen molar-refractivity contribution in [3.8, 4) is 0 Å². The summed E-state index contributed by atoms with van der Waals surface area (Å²) in [6.07, 6.45) is 3.48. The molecule has 0 bridgehead atoms. The van der Waals surface area contributed by atoms with Gasteiger partial charge in [0.15, 0.2) is 0 Å². The molecule has 0 amide bonds. The molecule has 0 heterocycles. The fourth-order valence-corrected chi connectivity index (χ4v) is 1.73. The highest BCUT2D eigenvalue weighted by Gasteiger charge is 1.94. The maximum absolute atomic E-state index is 3.89. The lowest BCUT2D eigenvalue weighted by molar-refractivity contribution is 0.813. The molecule has 0 N–H and O–H groups in total. The Morgan fingerprint density at radius 2 is 2.23 bits per heavy atom. The van der Waals surface area contributed by atoms with Crippen molar-refractivity contribution in [1.29, 1.82) is 0 Å². The quantitative estimate of drug-likeness (QED) is 0.685. The first kappa shape index (κ1) is 10.5. The highest BCUT2D eigenvalue weighted by molar-refractivity contribution is 9.10. The first-order valence-corrected chi connectivity index (χ1v) is 5.36. The number of allylic oxidation sites excluding steroid dienone is 1. The molecule has 0 spiro atoms. The summed E-state index contributed by atoms with van der Waals surface area (Å²) in [5, 5.41) is 0. The molecule has 13 heavy (non-hydrogen) atoms. The van der Waals surface area contributed by atoms with E-state index in [4.69, 9.17) is 0 Å². The van der Waals surface area contributed by atoms with Crippen LogP contribution in [0.25, 0.3) is 0 Å². The number of benzene rings is 1. The average molecular weight is 239 g/mol. The molecule has 0 unspecified atom stereocenters. The van der Waals surface area contributed by atoms with Crippen LogP contribution in [0.3, 0.4) is 0 Å². The summed E-state index contributed by atoms with van der Waals surface area (Å²) in [5.41, 5.74) is 2.67. The molecule has 0 fully saturated rings. The minimum Gasteiger partial charge on any atom is -0.100 e. The van der Waals surface area contributed by atoms with Gasteiger partial charge in [0.2, 0.25) is 0 Å². The highest BCUT2D eigenvalue weighted by atomic mass is 79.9. The van der Waals surface area contributed by atoms with Crippen LogP contribution in [0.1, 0.15) is 25.3 Å². The molecular weight excluding hydrogens is 224 g/mol. The molecule has 0 radical (unpaired) electrons. The van der Waals surface area contributed by atoms with Gasteiger partial charge < -0.3 is 0 Å². The summed E-state index contributed by atoms with van der Waals surface area (Å²) >= 11 is 3.47. The fraction of sp³-hybridized carbons (Fsp3) is 0.333. The van der Waals surface area contributed by atoms with E-state index >= 15 is 0 Å². The molecule has 0 aliphatic rings. The van der Waals surface area contributed by atoms with Crippen molar-refractivity contribution in [3.63, 3.8) is 0 Å². The van der Waals surface area contributed by atoms with Crippen molar-refractivity contribution in [1.82, 2.24) is 0 Å². The van der Waals surface area contributed by atoms with Crippen molar-refractivity contribution in [2.75, 3.05) is 0 Å². The van der Waals surface area contributed by atoms with E-state index in [1.807, 2.05) is 0 Å². The molecule has 0 aliphatic heterocycles. The summed E-state index contributed by atoms with van der Waals surface area (Å²) in [6.45, 7) is 5.98. The standard InChI is InChI=1S/C12H15Br/c1-10(2)5-3-6-11-7-4-8-12(13)9-11/h4,7-9H,1,3,5-6H2,2H3. The Morgan fingerprint density at radius 3 is 2.85 bits per heavy atom. The Kier molecular flexibility index (Phi) is 4.23. The number of hydrogen-bond acceptors (Lipinski definition) is 0. The predicted molar refractivity (Wildman–Crippen MR) is 61.9 cm³/mol. The second kappa shape index (κ2) is 5.23. The lowest BCUT2D eigenvalue weighted by atomic mass is 10.1. The van der Waals surface area contributed by atoms with Gasteiger partial charge >= 0.3 is 0 Å². The van der Waals surface area contributed by atoms with Crippen molar-refractivity contribution in [3.05, 3.63) is 46.5 Å².